The van der Waals surface area contributed by atoms with Crippen LogP contribution in [0.2, 0.25) is 0 Å². The lowest BCUT2D eigenvalue weighted by Crippen LogP contribution is -2.00. The summed E-state index contributed by atoms with van der Waals surface area (Å²) in [4.78, 5) is 21.3. The predicted molar refractivity (Wildman–Crippen MR) is 53.6 cm³/mol. The van der Waals surface area contributed by atoms with E-state index in [-0.39, 0.29) is 17.3 Å². The first-order chi connectivity index (χ1) is 6.72. The molecule has 1 aromatic rings. The Bertz CT molecular complexity index is 359. The highest BCUT2D eigenvalue weighted by Gasteiger charge is 2.09. The SMILES string of the molecule is COc1ccc(C(=O)C=O)cc1OC.O. The molecule has 0 aliphatic carbocycles. The first-order valence-electron chi connectivity index (χ1n) is 3.94. The number of rotatable bonds is 4. The lowest BCUT2D eigenvalue weighted by atomic mass is 10.1. The van der Waals surface area contributed by atoms with E-state index in [0.29, 0.717) is 11.5 Å². The Labute approximate surface area is 86.9 Å². The highest BCUT2D eigenvalue weighted by molar-refractivity contribution is 6.33. The van der Waals surface area contributed by atoms with Crippen molar-refractivity contribution in [2.75, 3.05) is 14.2 Å². The van der Waals surface area contributed by atoms with Crippen LogP contribution in [0.3, 0.4) is 0 Å². The number of ether oxygens (including phenoxy) is 2. The number of ketones is 1. The van der Waals surface area contributed by atoms with E-state index in [4.69, 9.17) is 9.47 Å². The van der Waals surface area contributed by atoms with Gasteiger partial charge in [-0.25, -0.2) is 0 Å². The molecule has 0 heterocycles. The molecule has 15 heavy (non-hydrogen) atoms. The molecule has 1 aromatic carbocycles. The van der Waals surface area contributed by atoms with Crippen LogP contribution < -0.4 is 9.47 Å². The lowest BCUT2D eigenvalue weighted by molar-refractivity contribution is -0.104. The van der Waals surface area contributed by atoms with Crippen LogP contribution in [0.1, 0.15) is 10.4 Å². The Morgan fingerprint density at radius 3 is 2.27 bits per heavy atom. The zero-order valence-electron chi connectivity index (χ0n) is 8.44. The van der Waals surface area contributed by atoms with Crippen molar-refractivity contribution < 1.29 is 24.5 Å². The maximum Gasteiger partial charge on any atom is 0.225 e. The van der Waals surface area contributed by atoms with Crippen molar-refractivity contribution in [1.82, 2.24) is 0 Å². The Hall–Kier alpha value is -1.88. The van der Waals surface area contributed by atoms with Crippen molar-refractivity contribution in [2.24, 2.45) is 0 Å². The molecule has 0 saturated carbocycles. The molecule has 0 amide bonds. The number of Topliss-reactive ketones (excluding diaryl/α,β-unsaturated/α-hetero) is 1. The summed E-state index contributed by atoms with van der Waals surface area (Å²) >= 11 is 0. The fourth-order valence-electron chi connectivity index (χ4n) is 1.06. The van der Waals surface area contributed by atoms with Gasteiger partial charge >= 0.3 is 0 Å². The summed E-state index contributed by atoms with van der Waals surface area (Å²) in [5, 5.41) is 0. The number of carbonyl (C=O) groups excluding carboxylic acids is 2. The van der Waals surface area contributed by atoms with Crippen LogP contribution in [0.5, 0.6) is 11.5 Å². The normalized spacial score (nSPS) is 8.67. The topological polar surface area (TPSA) is 84.1 Å². The van der Waals surface area contributed by atoms with Gasteiger partial charge in [-0.2, -0.15) is 0 Å². The van der Waals surface area contributed by atoms with Crippen LogP contribution in [0.15, 0.2) is 18.2 Å². The van der Waals surface area contributed by atoms with Crippen molar-refractivity contribution in [2.45, 2.75) is 0 Å². The van der Waals surface area contributed by atoms with E-state index in [1.807, 2.05) is 0 Å². The number of hydrogen-bond acceptors (Lipinski definition) is 4. The van der Waals surface area contributed by atoms with E-state index in [1.54, 1.807) is 6.07 Å². The van der Waals surface area contributed by atoms with Gasteiger partial charge in [0.05, 0.1) is 14.2 Å². The Kier molecular flexibility index (Phi) is 5.04. The molecular formula is C10H12O5. The standard InChI is InChI=1S/C10H10O4.H2O/c1-13-9-4-3-7(8(12)6-11)5-10(9)14-2;/h3-6H,1-2H3;1H2. The first kappa shape index (κ1) is 13.1. The van der Waals surface area contributed by atoms with Crippen LogP contribution in [0.4, 0.5) is 0 Å². The summed E-state index contributed by atoms with van der Waals surface area (Å²) in [6.07, 6.45) is 0.265. The third kappa shape index (κ3) is 2.78. The molecule has 0 atom stereocenters. The molecule has 0 aromatic heterocycles. The second kappa shape index (κ2) is 5.77. The largest absolute Gasteiger partial charge is 0.493 e. The van der Waals surface area contributed by atoms with Gasteiger partial charge in [0.1, 0.15) is 0 Å². The molecule has 0 bridgehead atoms. The zero-order chi connectivity index (χ0) is 10.6. The second-order valence-electron chi connectivity index (χ2n) is 2.55. The van der Waals surface area contributed by atoms with Crippen molar-refractivity contribution in [3.8, 4) is 11.5 Å². The predicted octanol–water partition coefficient (Wildman–Crippen LogP) is 0.261. The fraction of sp³-hybridized carbons (Fsp3) is 0.200. The number of methoxy groups -OCH3 is 2. The van der Waals surface area contributed by atoms with Crippen molar-refractivity contribution in [3.63, 3.8) is 0 Å². The van der Waals surface area contributed by atoms with Gasteiger partial charge in [0, 0.05) is 5.56 Å². The maximum absolute atomic E-state index is 11.0. The maximum atomic E-state index is 11.0. The van der Waals surface area contributed by atoms with Crippen LogP contribution >= 0.6 is 0 Å². The molecular weight excluding hydrogens is 200 g/mol. The van der Waals surface area contributed by atoms with Gasteiger partial charge < -0.3 is 14.9 Å². The van der Waals surface area contributed by atoms with E-state index in [0.717, 1.165) is 0 Å². The van der Waals surface area contributed by atoms with Crippen molar-refractivity contribution in [3.05, 3.63) is 23.8 Å². The van der Waals surface area contributed by atoms with Gasteiger partial charge in [0.2, 0.25) is 5.78 Å². The lowest BCUT2D eigenvalue weighted by Gasteiger charge is -2.07. The van der Waals surface area contributed by atoms with Gasteiger partial charge in [0.15, 0.2) is 17.8 Å². The fourth-order valence-corrected chi connectivity index (χ4v) is 1.06. The minimum atomic E-state index is -0.578. The summed E-state index contributed by atoms with van der Waals surface area (Å²) in [6.45, 7) is 0. The van der Waals surface area contributed by atoms with Crippen molar-refractivity contribution in [1.29, 1.82) is 0 Å². The smallest absolute Gasteiger partial charge is 0.225 e. The molecule has 0 unspecified atom stereocenters. The molecule has 0 aliphatic heterocycles. The van der Waals surface area contributed by atoms with E-state index >= 15 is 0 Å². The van der Waals surface area contributed by atoms with E-state index in [9.17, 15) is 9.59 Å². The van der Waals surface area contributed by atoms with Crippen LogP contribution in [-0.2, 0) is 4.79 Å². The Morgan fingerprint density at radius 1 is 1.20 bits per heavy atom. The minimum absolute atomic E-state index is 0. The quantitative estimate of drug-likeness (QED) is 0.407. The second-order valence-corrected chi connectivity index (χ2v) is 2.55. The minimum Gasteiger partial charge on any atom is -0.493 e. The van der Waals surface area contributed by atoms with E-state index < -0.39 is 5.78 Å². The highest BCUT2D eigenvalue weighted by atomic mass is 16.5. The highest BCUT2D eigenvalue weighted by Crippen LogP contribution is 2.27. The monoisotopic (exact) mass is 212 g/mol. The summed E-state index contributed by atoms with van der Waals surface area (Å²) in [5.74, 6) is 0.376. The van der Waals surface area contributed by atoms with Crippen LogP contribution in [-0.4, -0.2) is 31.8 Å². The number of benzene rings is 1. The molecule has 1 rings (SSSR count). The van der Waals surface area contributed by atoms with Gasteiger partial charge in [0.25, 0.3) is 0 Å². The van der Waals surface area contributed by atoms with Gasteiger partial charge in [-0.05, 0) is 18.2 Å². The Morgan fingerprint density at radius 2 is 1.80 bits per heavy atom. The van der Waals surface area contributed by atoms with Crippen LogP contribution in [0, 0.1) is 0 Å². The molecule has 0 spiro atoms. The molecule has 5 heteroatoms. The number of hydrogen-bond donors (Lipinski definition) is 0. The number of aldehydes is 1. The molecule has 5 nitrogen and oxygen atoms in total. The molecule has 0 radical (unpaired) electrons. The van der Waals surface area contributed by atoms with E-state index in [2.05, 4.69) is 0 Å². The van der Waals surface area contributed by atoms with Crippen LogP contribution in [0.25, 0.3) is 0 Å². The first-order valence-corrected chi connectivity index (χ1v) is 3.94. The third-order valence-electron chi connectivity index (χ3n) is 1.78. The average molecular weight is 212 g/mol. The molecule has 0 saturated heterocycles. The molecule has 2 N–H and O–H groups in total. The van der Waals surface area contributed by atoms with Gasteiger partial charge in [-0.1, -0.05) is 0 Å². The summed E-state index contributed by atoms with van der Waals surface area (Å²) < 4.78 is 9.96. The summed E-state index contributed by atoms with van der Waals surface area (Å²) in [5.41, 5.74) is 0.289. The van der Waals surface area contributed by atoms with Gasteiger partial charge in [-0.15, -0.1) is 0 Å². The van der Waals surface area contributed by atoms with Gasteiger partial charge in [-0.3, -0.25) is 9.59 Å². The third-order valence-corrected chi connectivity index (χ3v) is 1.78. The zero-order valence-corrected chi connectivity index (χ0v) is 8.44. The number of carbonyl (C=O) groups is 2. The molecule has 0 fully saturated rings. The molecule has 0 aliphatic rings. The van der Waals surface area contributed by atoms with Crippen molar-refractivity contribution >= 4 is 12.1 Å². The Balaban J connectivity index is 0.00000196. The van der Waals surface area contributed by atoms with E-state index in [1.165, 1.54) is 26.4 Å². The average Bonchev–Trinajstić information content (AvgIpc) is 2.26. The summed E-state index contributed by atoms with van der Waals surface area (Å²) in [7, 11) is 2.96. The molecule has 82 valence electrons. The summed E-state index contributed by atoms with van der Waals surface area (Å²) in [6, 6.07) is 4.56.